The lowest BCUT2D eigenvalue weighted by Gasteiger charge is -2.07. The van der Waals surface area contributed by atoms with E-state index in [9.17, 15) is 4.79 Å². The molecule has 0 atom stereocenters. The first kappa shape index (κ1) is 11.3. The fourth-order valence-corrected chi connectivity index (χ4v) is 2.72. The molecule has 1 amide bonds. The summed E-state index contributed by atoms with van der Waals surface area (Å²) in [6, 6.07) is 7.81. The molecule has 0 spiro atoms. The molecule has 1 saturated carbocycles. The van der Waals surface area contributed by atoms with Crippen molar-refractivity contribution in [3.63, 3.8) is 0 Å². The number of rotatable bonds is 3. The molecule has 94 valence electrons. The van der Waals surface area contributed by atoms with Crippen LogP contribution in [-0.4, -0.2) is 16.1 Å². The normalized spacial score (nSPS) is 16.2. The van der Waals surface area contributed by atoms with E-state index in [1.54, 1.807) is 0 Å². The van der Waals surface area contributed by atoms with Crippen LogP contribution in [0.1, 0.15) is 32.1 Å². The Bertz CT molecular complexity index is 555. The quantitative estimate of drug-likeness (QED) is 0.870. The summed E-state index contributed by atoms with van der Waals surface area (Å²) >= 11 is 0. The second-order valence-corrected chi connectivity index (χ2v) is 5.02. The third kappa shape index (κ3) is 2.23. The Balaban J connectivity index is 1.70. The van der Waals surface area contributed by atoms with Crippen LogP contribution in [0.2, 0.25) is 0 Å². The minimum atomic E-state index is 0.0825. The highest BCUT2D eigenvalue weighted by atomic mass is 16.1. The van der Waals surface area contributed by atoms with Gasteiger partial charge in [0.05, 0.1) is 5.52 Å². The van der Waals surface area contributed by atoms with Gasteiger partial charge in [-0.3, -0.25) is 9.89 Å². The fourth-order valence-electron chi connectivity index (χ4n) is 2.72. The second-order valence-electron chi connectivity index (χ2n) is 5.02. The van der Waals surface area contributed by atoms with Gasteiger partial charge in [-0.1, -0.05) is 25.0 Å². The zero-order chi connectivity index (χ0) is 12.4. The van der Waals surface area contributed by atoms with E-state index in [1.807, 2.05) is 24.3 Å². The van der Waals surface area contributed by atoms with Crippen LogP contribution >= 0.6 is 0 Å². The highest BCUT2D eigenvalue weighted by Gasteiger charge is 2.19. The van der Waals surface area contributed by atoms with Gasteiger partial charge < -0.3 is 5.32 Å². The minimum Gasteiger partial charge on any atom is -0.309 e. The van der Waals surface area contributed by atoms with Crippen LogP contribution < -0.4 is 5.32 Å². The summed E-state index contributed by atoms with van der Waals surface area (Å²) in [5.41, 5.74) is 0.952. The maximum absolute atomic E-state index is 11.9. The molecule has 2 aromatic rings. The molecule has 3 rings (SSSR count). The van der Waals surface area contributed by atoms with E-state index < -0.39 is 0 Å². The van der Waals surface area contributed by atoms with Crippen molar-refractivity contribution in [1.82, 2.24) is 10.2 Å². The summed E-state index contributed by atoms with van der Waals surface area (Å²) in [4.78, 5) is 11.9. The number of nitrogens with one attached hydrogen (secondary N) is 2. The van der Waals surface area contributed by atoms with Crippen molar-refractivity contribution in [2.24, 2.45) is 5.92 Å². The van der Waals surface area contributed by atoms with Crippen molar-refractivity contribution in [2.75, 3.05) is 5.32 Å². The van der Waals surface area contributed by atoms with Gasteiger partial charge in [-0.2, -0.15) is 5.10 Å². The molecule has 0 unspecified atom stereocenters. The topological polar surface area (TPSA) is 57.8 Å². The first-order valence-corrected chi connectivity index (χ1v) is 6.56. The third-order valence-electron chi connectivity index (χ3n) is 3.68. The summed E-state index contributed by atoms with van der Waals surface area (Å²) in [5.74, 6) is 1.29. The van der Waals surface area contributed by atoms with Gasteiger partial charge in [-0.25, -0.2) is 0 Å². The lowest BCUT2D eigenvalue weighted by Crippen LogP contribution is -2.15. The van der Waals surface area contributed by atoms with E-state index in [-0.39, 0.29) is 5.91 Å². The van der Waals surface area contributed by atoms with E-state index in [4.69, 9.17) is 0 Å². The Hall–Kier alpha value is -1.84. The summed E-state index contributed by atoms with van der Waals surface area (Å²) in [6.07, 6.45) is 5.54. The summed E-state index contributed by atoms with van der Waals surface area (Å²) in [5, 5.41) is 11.0. The summed E-state index contributed by atoms with van der Waals surface area (Å²) in [6.45, 7) is 0. The van der Waals surface area contributed by atoms with E-state index in [0.717, 1.165) is 10.9 Å². The molecule has 1 heterocycles. The molecule has 1 aliphatic rings. The summed E-state index contributed by atoms with van der Waals surface area (Å²) in [7, 11) is 0. The predicted molar refractivity (Wildman–Crippen MR) is 71.3 cm³/mol. The highest BCUT2D eigenvalue weighted by molar-refractivity contribution is 5.99. The third-order valence-corrected chi connectivity index (χ3v) is 3.68. The maximum atomic E-state index is 11.9. The van der Waals surface area contributed by atoms with E-state index in [1.165, 1.54) is 25.7 Å². The molecule has 1 aromatic heterocycles. The second kappa shape index (κ2) is 4.80. The van der Waals surface area contributed by atoms with Crippen LogP contribution in [-0.2, 0) is 4.79 Å². The van der Waals surface area contributed by atoms with Crippen molar-refractivity contribution in [3.8, 4) is 0 Å². The van der Waals surface area contributed by atoms with E-state index >= 15 is 0 Å². The number of aromatic amines is 1. The number of hydrogen-bond donors (Lipinski definition) is 2. The smallest absolute Gasteiger partial charge is 0.225 e. The minimum absolute atomic E-state index is 0.0825. The van der Waals surface area contributed by atoms with E-state index in [2.05, 4.69) is 15.5 Å². The largest absolute Gasteiger partial charge is 0.309 e. The number of amides is 1. The standard InChI is InChI=1S/C14H17N3O/c18-13(9-10-5-1-2-6-10)15-14-11-7-3-4-8-12(11)16-17-14/h3-4,7-8,10H,1-2,5-6,9H2,(H2,15,16,17,18). The van der Waals surface area contributed by atoms with Gasteiger partial charge in [0.2, 0.25) is 5.91 Å². The molecule has 0 saturated heterocycles. The number of hydrogen-bond acceptors (Lipinski definition) is 2. The Morgan fingerprint density at radius 2 is 2.11 bits per heavy atom. The number of H-pyrrole nitrogens is 1. The number of fused-ring (bicyclic) bond motifs is 1. The first-order chi connectivity index (χ1) is 8.83. The number of nitrogens with zero attached hydrogens (tertiary/aromatic N) is 1. The van der Waals surface area contributed by atoms with Crippen LogP contribution in [0.25, 0.3) is 10.9 Å². The lowest BCUT2D eigenvalue weighted by atomic mass is 10.0. The zero-order valence-electron chi connectivity index (χ0n) is 10.3. The first-order valence-electron chi connectivity index (χ1n) is 6.56. The maximum Gasteiger partial charge on any atom is 0.225 e. The van der Waals surface area contributed by atoms with Gasteiger partial charge >= 0.3 is 0 Å². The average Bonchev–Trinajstić information content (AvgIpc) is 3.00. The monoisotopic (exact) mass is 243 g/mol. The van der Waals surface area contributed by atoms with E-state index in [0.29, 0.717) is 18.2 Å². The number of para-hydroxylation sites is 1. The summed E-state index contributed by atoms with van der Waals surface area (Å²) < 4.78 is 0. The Morgan fingerprint density at radius 1 is 1.33 bits per heavy atom. The molecule has 1 aromatic carbocycles. The number of benzene rings is 1. The molecule has 2 N–H and O–H groups in total. The van der Waals surface area contributed by atoms with Crippen molar-refractivity contribution >= 4 is 22.6 Å². The van der Waals surface area contributed by atoms with Crippen LogP contribution in [0.3, 0.4) is 0 Å². The lowest BCUT2D eigenvalue weighted by molar-refractivity contribution is -0.117. The molecular weight excluding hydrogens is 226 g/mol. The zero-order valence-corrected chi connectivity index (χ0v) is 10.3. The molecule has 1 aliphatic carbocycles. The molecular formula is C14H17N3O. The van der Waals surface area contributed by atoms with Gasteiger partial charge in [0.15, 0.2) is 5.82 Å². The van der Waals surface area contributed by atoms with Crippen molar-refractivity contribution < 1.29 is 4.79 Å². The Labute approximate surface area is 106 Å². The van der Waals surface area contributed by atoms with Crippen molar-refractivity contribution in [2.45, 2.75) is 32.1 Å². The SMILES string of the molecule is O=C(CC1CCCC1)Nc1n[nH]c2ccccc12. The Morgan fingerprint density at radius 3 is 2.94 bits per heavy atom. The average molecular weight is 243 g/mol. The van der Waals surface area contributed by atoms with Crippen LogP contribution in [0.5, 0.6) is 0 Å². The van der Waals surface area contributed by atoms with Gasteiger partial charge in [-0.05, 0) is 30.9 Å². The Kier molecular flexibility index (Phi) is 3.00. The van der Waals surface area contributed by atoms with Gasteiger partial charge in [0.1, 0.15) is 0 Å². The van der Waals surface area contributed by atoms with Crippen LogP contribution in [0.15, 0.2) is 24.3 Å². The molecule has 18 heavy (non-hydrogen) atoms. The highest BCUT2D eigenvalue weighted by Crippen LogP contribution is 2.28. The number of aromatic nitrogens is 2. The van der Waals surface area contributed by atoms with Crippen LogP contribution in [0.4, 0.5) is 5.82 Å². The number of carbonyl (C=O) groups is 1. The van der Waals surface area contributed by atoms with Crippen molar-refractivity contribution in [1.29, 1.82) is 0 Å². The molecule has 0 radical (unpaired) electrons. The van der Waals surface area contributed by atoms with Crippen molar-refractivity contribution in [3.05, 3.63) is 24.3 Å². The molecule has 0 bridgehead atoms. The predicted octanol–water partition coefficient (Wildman–Crippen LogP) is 3.08. The molecule has 4 nitrogen and oxygen atoms in total. The van der Waals surface area contributed by atoms with Gasteiger partial charge in [0.25, 0.3) is 0 Å². The van der Waals surface area contributed by atoms with Gasteiger partial charge in [0, 0.05) is 11.8 Å². The van der Waals surface area contributed by atoms with Gasteiger partial charge in [-0.15, -0.1) is 0 Å². The molecule has 4 heteroatoms. The number of anilines is 1. The molecule has 0 aliphatic heterocycles. The fraction of sp³-hybridized carbons (Fsp3) is 0.429. The number of carbonyl (C=O) groups excluding carboxylic acids is 1. The molecule has 1 fully saturated rings. The van der Waals surface area contributed by atoms with Crippen LogP contribution in [0, 0.1) is 5.92 Å².